The van der Waals surface area contributed by atoms with Crippen LogP contribution in [-0.2, 0) is 4.79 Å². The van der Waals surface area contributed by atoms with Crippen LogP contribution in [0.15, 0.2) is 24.3 Å². The molecule has 1 saturated carbocycles. The SMILES string of the molecule is CC(C)(CO)NC(=O)C1CC1c1ccccc1F. The zero-order valence-corrected chi connectivity index (χ0v) is 10.6. The van der Waals surface area contributed by atoms with Gasteiger partial charge in [0.1, 0.15) is 5.82 Å². The quantitative estimate of drug-likeness (QED) is 0.857. The predicted molar refractivity (Wildman–Crippen MR) is 66.6 cm³/mol. The Morgan fingerprint density at radius 3 is 2.78 bits per heavy atom. The highest BCUT2D eigenvalue weighted by Crippen LogP contribution is 2.48. The molecule has 0 aromatic heterocycles. The fraction of sp³-hybridized carbons (Fsp3) is 0.500. The summed E-state index contributed by atoms with van der Waals surface area (Å²) in [5, 5.41) is 11.9. The third-order valence-corrected chi connectivity index (χ3v) is 3.29. The van der Waals surface area contributed by atoms with E-state index >= 15 is 0 Å². The van der Waals surface area contributed by atoms with Crippen LogP contribution in [-0.4, -0.2) is 23.2 Å². The Kier molecular flexibility index (Phi) is 3.39. The van der Waals surface area contributed by atoms with Gasteiger partial charge in [-0.25, -0.2) is 4.39 Å². The standard InChI is InChI=1S/C14H18FNO2/c1-14(2,8-17)16-13(18)11-7-10(11)9-5-3-4-6-12(9)15/h3-6,10-11,17H,7-8H2,1-2H3,(H,16,18). The molecule has 2 rings (SSSR count). The first-order valence-corrected chi connectivity index (χ1v) is 6.12. The molecule has 0 saturated heterocycles. The lowest BCUT2D eigenvalue weighted by Crippen LogP contribution is -2.47. The van der Waals surface area contributed by atoms with E-state index in [-0.39, 0.29) is 30.2 Å². The summed E-state index contributed by atoms with van der Waals surface area (Å²) in [5.41, 5.74) is -0.0149. The molecule has 2 unspecified atom stereocenters. The minimum Gasteiger partial charge on any atom is -0.394 e. The van der Waals surface area contributed by atoms with E-state index in [1.54, 1.807) is 32.0 Å². The van der Waals surface area contributed by atoms with Crippen LogP contribution in [0.25, 0.3) is 0 Å². The number of aliphatic hydroxyl groups excluding tert-OH is 1. The van der Waals surface area contributed by atoms with Gasteiger partial charge in [-0.3, -0.25) is 4.79 Å². The van der Waals surface area contributed by atoms with Crippen molar-refractivity contribution in [3.05, 3.63) is 35.6 Å². The summed E-state index contributed by atoms with van der Waals surface area (Å²) in [7, 11) is 0. The molecule has 1 fully saturated rings. The van der Waals surface area contributed by atoms with Crippen LogP contribution in [0.4, 0.5) is 4.39 Å². The van der Waals surface area contributed by atoms with Gasteiger partial charge in [0.05, 0.1) is 12.1 Å². The zero-order chi connectivity index (χ0) is 13.3. The highest BCUT2D eigenvalue weighted by Gasteiger charge is 2.46. The molecular weight excluding hydrogens is 233 g/mol. The number of benzene rings is 1. The molecule has 0 spiro atoms. The number of carbonyl (C=O) groups excluding carboxylic acids is 1. The van der Waals surface area contributed by atoms with Crippen LogP contribution in [0.1, 0.15) is 31.7 Å². The number of hydrogen-bond donors (Lipinski definition) is 2. The van der Waals surface area contributed by atoms with E-state index in [2.05, 4.69) is 5.32 Å². The number of halogens is 1. The average molecular weight is 251 g/mol. The van der Waals surface area contributed by atoms with Crippen molar-refractivity contribution in [2.75, 3.05) is 6.61 Å². The first kappa shape index (κ1) is 13.0. The Morgan fingerprint density at radius 2 is 2.17 bits per heavy atom. The largest absolute Gasteiger partial charge is 0.394 e. The highest BCUT2D eigenvalue weighted by molar-refractivity contribution is 5.83. The first-order valence-electron chi connectivity index (χ1n) is 6.12. The van der Waals surface area contributed by atoms with Crippen LogP contribution < -0.4 is 5.32 Å². The molecule has 3 nitrogen and oxygen atoms in total. The molecule has 1 aromatic carbocycles. The van der Waals surface area contributed by atoms with E-state index in [0.29, 0.717) is 12.0 Å². The van der Waals surface area contributed by atoms with E-state index < -0.39 is 5.54 Å². The Bertz CT molecular complexity index is 459. The second-order valence-electron chi connectivity index (χ2n) is 5.50. The van der Waals surface area contributed by atoms with Gasteiger partial charge in [-0.15, -0.1) is 0 Å². The second-order valence-corrected chi connectivity index (χ2v) is 5.50. The van der Waals surface area contributed by atoms with Crippen molar-refractivity contribution in [2.24, 2.45) is 5.92 Å². The van der Waals surface area contributed by atoms with Gasteiger partial charge in [0.2, 0.25) is 5.91 Å². The van der Waals surface area contributed by atoms with Crippen LogP contribution in [0.3, 0.4) is 0 Å². The lowest BCUT2D eigenvalue weighted by Gasteiger charge is -2.23. The summed E-state index contributed by atoms with van der Waals surface area (Å²) < 4.78 is 13.5. The van der Waals surface area contributed by atoms with E-state index in [9.17, 15) is 9.18 Å². The molecule has 2 atom stereocenters. The summed E-state index contributed by atoms with van der Waals surface area (Å²) in [5.74, 6) is -0.560. The van der Waals surface area contributed by atoms with Gasteiger partial charge in [-0.05, 0) is 37.8 Å². The van der Waals surface area contributed by atoms with Crippen molar-refractivity contribution in [1.82, 2.24) is 5.32 Å². The van der Waals surface area contributed by atoms with Gasteiger partial charge in [0.15, 0.2) is 0 Å². The molecule has 0 radical (unpaired) electrons. The monoisotopic (exact) mass is 251 g/mol. The van der Waals surface area contributed by atoms with Gasteiger partial charge in [-0.2, -0.15) is 0 Å². The maximum Gasteiger partial charge on any atom is 0.224 e. The average Bonchev–Trinajstić information content (AvgIpc) is 3.09. The van der Waals surface area contributed by atoms with Crippen molar-refractivity contribution >= 4 is 5.91 Å². The fourth-order valence-corrected chi connectivity index (χ4v) is 2.07. The molecule has 98 valence electrons. The molecule has 2 N–H and O–H groups in total. The molecule has 1 amide bonds. The third kappa shape index (κ3) is 2.70. The van der Waals surface area contributed by atoms with E-state index in [4.69, 9.17) is 5.11 Å². The Morgan fingerprint density at radius 1 is 1.50 bits per heavy atom. The number of nitrogens with one attached hydrogen (secondary N) is 1. The van der Waals surface area contributed by atoms with Crippen LogP contribution in [0.5, 0.6) is 0 Å². The molecule has 18 heavy (non-hydrogen) atoms. The summed E-state index contributed by atoms with van der Waals surface area (Å²) in [6, 6.07) is 6.57. The first-order chi connectivity index (χ1) is 8.44. The zero-order valence-electron chi connectivity index (χ0n) is 10.6. The fourth-order valence-electron chi connectivity index (χ4n) is 2.07. The summed E-state index contributed by atoms with van der Waals surface area (Å²) >= 11 is 0. The molecule has 1 aliphatic carbocycles. The minimum atomic E-state index is -0.626. The molecule has 0 bridgehead atoms. The Hall–Kier alpha value is -1.42. The third-order valence-electron chi connectivity index (χ3n) is 3.29. The Labute approximate surface area is 106 Å². The van der Waals surface area contributed by atoms with Crippen molar-refractivity contribution in [3.8, 4) is 0 Å². The summed E-state index contributed by atoms with van der Waals surface area (Å²) in [6.07, 6.45) is 0.675. The van der Waals surface area contributed by atoms with E-state index in [0.717, 1.165) is 0 Å². The van der Waals surface area contributed by atoms with Crippen molar-refractivity contribution in [2.45, 2.75) is 31.7 Å². The van der Waals surface area contributed by atoms with Crippen molar-refractivity contribution < 1.29 is 14.3 Å². The van der Waals surface area contributed by atoms with Crippen LogP contribution in [0, 0.1) is 11.7 Å². The maximum absolute atomic E-state index is 13.5. The van der Waals surface area contributed by atoms with Crippen LogP contribution >= 0.6 is 0 Å². The van der Waals surface area contributed by atoms with E-state index in [1.807, 2.05) is 0 Å². The smallest absolute Gasteiger partial charge is 0.224 e. The van der Waals surface area contributed by atoms with Crippen LogP contribution in [0.2, 0.25) is 0 Å². The molecule has 1 aliphatic rings. The predicted octanol–water partition coefficient (Wildman–Crippen LogP) is 1.82. The molecular formula is C14H18FNO2. The number of amides is 1. The molecule has 1 aromatic rings. The number of rotatable bonds is 4. The van der Waals surface area contributed by atoms with Gasteiger partial charge >= 0.3 is 0 Å². The minimum absolute atomic E-state index is 0.0271. The molecule has 4 heteroatoms. The van der Waals surface area contributed by atoms with Gasteiger partial charge < -0.3 is 10.4 Å². The molecule has 0 heterocycles. The lowest BCUT2D eigenvalue weighted by molar-refractivity contribution is -0.124. The maximum atomic E-state index is 13.5. The van der Waals surface area contributed by atoms with E-state index in [1.165, 1.54) is 6.07 Å². The lowest BCUT2D eigenvalue weighted by atomic mass is 10.1. The molecule has 0 aliphatic heterocycles. The highest BCUT2D eigenvalue weighted by atomic mass is 19.1. The summed E-state index contributed by atoms with van der Waals surface area (Å²) in [4.78, 5) is 11.9. The normalized spacial score (nSPS) is 22.7. The Balaban J connectivity index is 2.00. The number of hydrogen-bond acceptors (Lipinski definition) is 2. The van der Waals surface area contributed by atoms with Gasteiger partial charge in [-0.1, -0.05) is 18.2 Å². The number of carbonyl (C=O) groups is 1. The summed E-state index contributed by atoms with van der Waals surface area (Å²) in [6.45, 7) is 3.40. The van der Waals surface area contributed by atoms with Crippen molar-refractivity contribution in [1.29, 1.82) is 0 Å². The second kappa shape index (κ2) is 4.69. The van der Waals surface area contributed by atoms with Gasteiger partial charge in [0, 0.05) is 5.92 Å². The topological polar surface area (TPSA) is 49.3 Å². The van der Waals surface area contributed by atoms with Gasteiger partial charge in [0.25, 0.3) is 0 Å². The number of aliphatic hydroxyl groups is 1. The van der Waals surface area contributed by atoms with Crippen molar-refractivity contribution in [3.63, 3.8) is 0 Å².